The molecule has 2 aliphatic carbocycles. The van der Waals surface area contributed by atoms with E-state index < -0.39 is 0 Å². The number of rotatable bonds is 6. The van der Waals surface area contributed by atoms with Gasteiger partial charge in [0.15, 0.2) is 0 Å². The molecule has 3 heteroatoms. The molecular weight excluding hydrogens is 284 g/mol. The molecule has 2 bridgehead atoms. The topological polar surface area (TPSA) is 61.3 Å². The summed E-state index contributed by atoms with van der Waals surface area (Å²) in [5, 5.41) is 0. The molecule has 2 heterocycles. The first-order valence-corrected chi connectivity index (χ1v) is 9.54. The largest absolute Gasteiger partial charge is 0.374 e. The lowest BCUT2D eigenvalue weighted by molar-refractivity contribution is -0.175. The third kappa shape index (κ3) is 5.44. The van der Waals surface area contributed by atoms with Crippen molar-refractivity contribution in [1.82, 2.24) is 0 Å². The number of allylic oxidation sites excluding steroid dienone is 2. The van der Waals surface area contributed by atoms with Crippen LogP contribution in [0.3, 0.4) is 0 Å². The maximum Gasteiger partial charge on any atom is 0.0666 e. The Bertz CT molecular complexity index is 384. The summed E-state index contributed by atoms with van der Waals surface area (Å²) in [6.07, 6.45) is 17.5. The lowest BCUT2D eigenvalue weighted by atomic mass is 9.78. The molecule has 4 fully saturated rings. The zero-order valence-electron chi connectivity index (χ0n) is 14.9. The predicted molar refractivity (Wildman–Crippen MR) is 98.1 cm³/mol. The Morgan fingerprint density at radius 1 is 1.13 bits per heavy atom. The van der Waals surface area contributed by atoms with E-state index in [0.29, 0.717) is 18.1 Å². The van der Waals surface area contributed by atoms with Crippen LogP contribution in [-0.2, 0) is 4.74 Å². The van der Waals surface area contributed by atoms with Crippen molar-refractivity contribution in [1.29, 1.82) is 0 Å². The predicted octanol–water partition coefficient (Wildman–Crippen LogP) is 3.79. The van der Waals surface area contributed by atoms with Crippen molar-refractivity contribution in [3.05, 3.63) is 24.3 Å². The Kier molecular flexibility index (Phi) is 7.81. The monoisotopic (exact) mass is 320 g/mol. The van der Waals surface area contributed by atoms with Gasteiger partial charge in [-0.25, -0.2) is 0 Å². The van der Waals surface area contributed by atoms with E-state index in [9.17, 15) is 0 Å². The molecular formula is C20H36N2O. The highest BCUT2D eigenvalue weighted by Gasteiger charge is 2.39. The van der Waals surface area contributed by atoms with Gasteiger partial charge in [-0.1, -0.05) is 37.1 Å². The van der Waals surface area contributed by atoms with Crippen molar-refractivity contribution in [2.75, 3.05) is 13.6 Å². The summed E-state index contributed by atoms with van der Waals surface area (Å²) in [5.74, 6) is 2.30. The van der Waals surface area contributed by atoms with Gasteiger partial charge in [-0.05, 0) is 64.0 Å². The van der Waals surface area contributed by atoms with E-state index in [1.807, 2.05) is 0 Å². The molecule has 0 aromatic heterocycles. The van der Waals surface area contributed by atoms with Crippen LogP contribution in [0, 0.1) is 17.8 Å². The van der Waals surface area contributed by atoms with Crippen LogP contribution in [0.15, 0.2) is 24.3 Å². The van der Waals surface area contributed by atoms with E-state index in [1.165, 1.54) is 64.0 Å². The second-order valence-electron chi connectivity index (χ2n) is 7.46. The fourth-order valence-corrected chi connectivity index (χ4v) is 4.35. The number of nitrogens with two attached hydrogens (primary N) is 2. The molecule has 3 nitrogen and oxygen atoms in total. The Morgan fingerprint density at radius 3 is 2.52 bits per heavy atom. The van der Waals surface area contributed by atoms with E-state index >= 15 is 0 Å². The minimum absolute atomic E-state index is 0.511. The molecule has 2 aliphatic heterocycles. The van der Waals surface area contributed by atoms with Crippen molar-refractivity contribution < 1.29 is 4.74 Å². The lowest BCUT2D eigenvalue weighted by Gasteiger charge is -2.45. The Labute approximate surface area is 142 Å². The van der Waals surface area contributed by atoms with E-state index in [1.54, 1.807) is 0 Å². The summed E-state index contributed by atoms with van der Waals surface area (Å²) >= 11 is 0. The molecule has 0 amide bonds. The van der Waals surface area contributed by atoms with Crippen LogP contribution in [-0.4, -0.2) is 25.8 Å². The summed E-state index contributed by atoms with van der Waals surface area (Å²) in [5.41, 5.74) is 11.6. The van der Waals surface area contributed by atoms with Crippen LogP contribution >= 0.6 is 0 Å². The van der Waals surface area contributed by atoms with Crippen molar-refractivity contribution in [2.24, 2.45) is 29.2 Å². The van der Waals surface area contributed by atoms with Crippen LogP contribution < -0.4 is 11.5 Å². The quantitative estimate of drug-likeness (QED) is 0.732. The third-order valence-corrected chi connectivity index (χ3v) is 5.84. The summed E-state index contributed by atoms with van der Waals surface area (Å²) < 4.78 is 5.81. The maximum absolute atomic E-state index is 5.83. The van der Waals surface area contributed by atoms with E-state index in [-0.39, 0.29) is 0 Å². The van der Waals surface area contributed by atoms with Crippen LogP contribution in [0.5, 0.6) is 0 Å². The number of ether oxygens (including phenoxy) is 1. The van der Waals surface area contributed by atoms with Gasteiger partial charge in [-0.2, -0.15) is 0 Å². The average Bonchev–Trinajstić information content (AvgIpc) is 2.59. The molecule has 5 atom stereocenters. The van der Waals surface area contributed by atoms with Gasteiger partial charge in [-0.15, -0.1) is 0 Å². The van der Waals surface area contributed by atoms with E-state index in [2.05, 4.69) is 24.5 Å². The normalized spacial score (nSPS) is 36.0. The first-order valence-electron chi connectivity index (χ1n) is 9.54. The number of hydrogen-bond acceptors (Lipinski definition) is 3. The minimum atomic E-state index is 0.511. The van der Waals surface area contributed by atoms with E-state index in [4.69, 9.17) is 10.5 Å². The van der Waals surface area contributed by atoms with Crippen LogP contribution in [0.25, 0.3) is 0 Å². The van der Waals surface area contributed by atoms with Gasteiger partial charge >= 0.3 is 0 Å². The summed E-state index contributed by atoms with van der Waals surface area (Å²) in [6.45, 7) is 5.12. The Morgan fingerprint density at radius 2 is 1.87 bits per heavy atom. The van der Waals surface area contributed by atoms with Crippen LogP contribution in [0.4, 0.5) is 0 Å². The highest BCUT2D eigenvalue weighted by Crippen LogP contribution is 2.39. The first-order chi connectivity index (χ1) is 11.2. The summed E-state index contributed by atoms with van der Waals surface area (Å²) in [4.78, 5) is 0. The Hall–Kier alpha value is -0.640. The molecule has 4 aliphatic rings. The molecule has 0 aromatic rings. The summed E-state index contributed by atoms with van der Waals surface area (Å²) in [6, 6.07) is 0. The van der Waals surface area contributed by atoms with Gasteiger partial charge < -0.3 is 16.2 Å². The Balaban J connectivity index is 0.000000924. The molecule has 0 spiro atoms. The van der Waals surface area contributed by atoms with Gasteiger partial charge in [-0.3, -0.25) is 0 Å². The second-order valence-corrected chi connectivity index (χ2v) is 7.46. The van der Waals surface area contributed by atoms with Crippen molar-refractivity contribution in [3.63, 3.8) is 0 Å². The minimum Gasteiger partial charge on any atom is -0.374 e. The number of fused-ring (bicyclic) bond motifs is 2. The van der Waals surface area contributed by atoms with Gasteiger partial charge in [0.05, 0.1) is 12.2 Å². The van der Waals surface area contributed by atoms with Crippen molar-refractivity contribution in [2.45, 2.75) is 70.0 Å². The molecule has 4 rings (SSSR count). The molecule has 2 saturated heterocycles. The fraction of sp³-hybridized carbons (Fsp3) is 0.800. The zero-order valence-corrected chi connectivity index (χ0v) is 14.9. The molecule has 0 radical (unpaired) electrons. The fourth-order valence-electron chi connectivity index (χ4n) is 4.35. The van der Waals surface area contributed by atoms with E-state index in [0.717, 1.165) is 24.8 Å². The molecule has 2 saturated carbocycles. The molecule has 23 heavy (non-hydrogen) atoms. The highest BCUT2D eigenvalue weighted by atomic mass is 16.5. The standard InChI is InChI=1S/C19H31NO.CH5N/c1-14(5-7-15-3-2-4-16(11-15)13-20)6-8-17-9-10-18-12-19(17)21-18;1-2/h6,8,15-19H,1-5,7,9-13,20H2;2H2,1H3/b8-6-;. The van der Waals surface area contributed by atoms with Gasteiger partial charge in [0, 0.05) is 12.3 Å². The van der Waals surface area contributed by atoms with Crippen LogP contribution in [0.2, 0.25) is 0 Å². The maximum atomic E-state index is 5.83. The second kappa shape index (κ2) is 9.61. The van der Waals surface area contributed by atoms with Gasteiger partial charge in [0.1, 0.15) is 0 Å². The summed E-state index contributed by atoms with van der Waals surface area (Å²) in [7, 11) is 1.50. The SMILES string of the molecule is C=C(/C=C\C1CCC2CC1O2)CCC1CCCC(CN)C1.CN. The molecule has 4 N–H and O–H groups in total. The molecule has 5 unspecified atom stereocenters. The lowest BCUT2D eigenvalue weighted by Crippen LogP contribution is -2.46. The van der Waals surface area contributed by atoms with Crippen molar-refractivity contribution >= 4 is 0 Å². The van der Waals surface area contributed by atoms with Crippen molar-refractivity contribution in [3.8, 4) is 0 Å². The van der Waals surface area contributed by atoms with Gasteiger partial charge in [0.25, 0.3) is 0 Å². The zero-order chi connectivity index (χ0) is 16.7. The van der Waals surface area contributed by atoms with Gasteiger partial charge in [0.2, 0.25) is 0 Å². The smallest absolute Gasteiger partial charge is 0.0666 e. The molecule has 0 aromatic carbocycles. The average molecular weight is 321 g/mol. The number of hydrogen-bond donors (Lipinski definition) is 2. The highest BCUT2D eigenvalue weighted by molar-refractivity contribution is 5.17. The third-order valence-electron chi connectivity index (χ3n) is 5.84. The van der Waals surface area contributed by atoms with Crippen LogP contribution in [0.1, 0.15) is 57.8 Å². The first kappa shape index (κ1) is 18.7. The molecule has 132 valence electrons.